The van der Waals surface area contributed by atoms with Gasteiger partial charge in [0, 0.05) is 17.7 Å². The number of likely N-dealkylation sites (tertiary alicyclic amines) is 1. The van der Waals surface area contributed by atoms with E-state index >= 15 is 0 Å². The number of Topliss-reactive ketones (excluding diaryl/α,β-unsaturated/α-hetero) is 1. The fourth-order valence-electron chi connectivity index (χ4n) is 4.36. The number of aliphatic hydroxyl groups excluding tert-OH is 1. The topological polar surface area (TPSA) is 79.3 Å². The van der Waals surface area contributed by atoms with Crippen molar-refractivity contribution in [1.29, 1.82) is 0 Å². The summed E-state index contributed by atoms with van der Waals surface area (Å²) in [5.41, 5.74) is 2.17. The third-order valence-electron chi connectivity index (χ3n) is 6.36. The van der Waals surface area contributed by atoms with Crippen LogP contribution in [-0.2, 0) is 9.59 Å². The Kier molecular flexibility index (Phi) is 8.34. The van der Waals surface area contributed by atoms with Crippen molar-refractivity contribution in [2.24, 2.45) is 0 Å². The predicted molar refractivity (Wildman–Crippen MR) is 132 cm³/mol. The van der Waals surface area contributed by atoms with Crippen molar-refractivity contribution in [2.45, 2.75) is 33.2 Å². The molecule has 3 rings (SSSR count). The highest BCUT2D eigenvalue weighted by Gasteiger charge is 2.47. The predicted octanol–water partition coefficient (Wildman–Crippen LogP) is 4.17. The number of benzene rings is 2. The summed E-state index contributed by atoms with van der Waals surface area (Å²) in [5.74, 6) is -0.436. The van der Waals surface area contributed by atoms with Gasteiger partial charge in [-0.1, -0.05) is 43.7 Å². The molecule has 1 saturated heterocycles. The number of carbonyl (C=O) groups is 2. The van der Waals surface area contributed by atoms with Crippen molar-refractivity contribution in [1.82, 2.24) is 9.80 Å². The fourth-order valence-corrected chi connectivity index (χ4v) is 4.36. The lowest BCUT2D eigenvalue weighted by atomic mass is 9.94. The zero-order valence-corrected chi connectivity index (χ0v) is 20.6. The van der Waals surface area contributed by atoms with E-state index in [0.29, 0.717) is 35.6 Å². The zero-order chi connectivity index (χ0) is 24.8. The number of amides is 1. The molecule has 0 aromatic heterocycles. The second-order valence-electron chi connectivity index (χ2n) is 8.35. The molecule has 7 heteroatoms. The summed E-state index contributed by atoms with van der Waals surface area (Å²) in [4.78, 5) is 30.3. The van der Waals surface area contributed by atoms with Crippen LogP contribution in [0.1, 0.15) is 43.0 Å². The molecule has 182 valence electrons. The monoisotopic (exact) mass is 466 g/mol. The lowest BCUT2D eigenvalue weighted by Gasteiger charge is -2.28. The van der Waals surface area contributed by atoms with Crippen molar-refractivity contribution >= 4 is 17.4 Å². The summed E-state index contributed by atoms with van der Waals surface area (Å²) in [6, 6.07) is 11.7. The molecule has 7 nitrogen and oxygen atoms in total. The maximum absolute atomic E-state index is 13.3. The molecule has 2 aromatic rings. The van der Waals surface area contributed by atoms with Gasteiger partial charge in [0.25, 0.3) is 11.7 Å². The van der Waals surface area contributed by atoms with E-state index in [0.717, 1.165) is 25.2 Å². The van der Waals surface area contributed by atoms with E-state index in [1.807, 2.05) is 19.1 Å². The molecule has 0 spiro atoms. The molecule has 0 aliphatic carbocycles. The average molecular weight is 467 g/mol. The van der Waals surface area contributed by atoms with Crippen LogP contribution in [-0.4, -0.2) is 67.0 Å². The smallest absolute Gasteiger partial charge is 0.295 e. The van der Waals surface area contributed by atoms with Crippen LogP contribution < -0.4 is 9.47 Å². The van der Waals surface area contributed by atoms with Gasteiger partial charge in [-0.25, -0.2) is 0 Å². The maximum atomic E-state index is 13.3. The van der Waals surface area contributed by atoms with Crippen molar-refractivity contribution in [2.75, 3.05) is 40.4 Å². The number of hydrogen-bond acceptors (Lipinski definition) is 6. The number of hydrogen-bond donors (Lipinski definition) is 1. The Morgan fingerprint density at radius 3 is 2.29 bits per heavy atom. The molecule has 1 aliphatic rings. The lowest BCUT2D eigenvalue weighted by Crippen LogP contribution is -2.33. The van der Waals surface area contributed by atoms with Gasteiger partial charge in [-0.05, 0) is 51.2 Å². The molecule has 1 N–H and O–H groups in total. The van der Waals surface area contributed by atoms with Crippen LogP contribution >= 0.6 is 0 Å². The molecule has 1 fully saturated rings. The van der Waals surface area contributed by atoms with Crippen LogP contribution in [0.2, 0.25) is 0 Å². The molecule has 0 bridgehead atoms. The molecule has 1 aliphatic heterocycles. The van der Waals surface area contributed by atoms with E-state index in [9.17, 15) is 14.7 Å². The zero-order valence-electron chi connectivity index (χ0n) is 20.6. The third-order valence-corrected chi connectivity index (χ3v) is 6.36. The standard InChI is InChI=1S/C27H34N2O5/c1-6-28(7-2)15-8-16-29-24(21-17-20(33-4)13-14-22(21)34-5)23(26(31)27(29)32)25(30)19-11-9-18(3)10-12-19/h9-14,17,24,30H,6-8,15-16H2,1-5H3/b25-23+/t24-/m1/s1. The Balaban J connectivity index is 2.13. The largest absolute Gasteiger partial charge is 0.507 e. The van der Waals surface area contributed by atoms with Gasteiger partial charge in [0.1, 0.15) is 17.3 Å². The summed E-state index contributed by atoms with van der Waals surface area (Å²) in [6.45, 7) is 9.13. The second-order valence-corrected chi connectivity index (χ2v) is 8.35. The number of carbonyl (C=O) groups excluding carboxylic acids is 2. The quantitative estimate of drug-likeness (QED) is 0.322. The van der Waals surface area contributed by atoms with Crippen LogP contribution in [0.3, 0.4) is 0 Å². The molecule has 0 radical (unpaired) electrons. The summed E-state index contributed by atoms with van der Waals surface area (Å²) in [7, 11) is 3.09. The average Bonchev–Trinajstić information content (AvgIpc) is 3.11. The van der Waals surface area contributed by atoms with Crippen molar-refractivity contribution < 1.29 is 24.2 Å². The number of methoxy groups -OCH3 is 2. The van der Waals surface area contributed by atoms with Crippen LogP contribution in [0.5, 0.6) is 11.5 Å². The maximum Gasteiger partial charge on any atom is 0.295 e. The van der Waals surface area contributed by atoms with Crippen molar-refractivity contribution in [3.63, 3.8) is 0 Å². The Morgan fingerprint density at radius 1 is 1.03 bits per heavy atom. The molecule has 0 unspecified atom stereocenters. The lowest BCUT2D eigenvalue weighted by molar-refractivity contribution is -0.140. The van der Waals surface area contributed by atoms with Crippen LogP contribution in [0.15, 0.2) is 48.0 Å². The minimum Gasteiger partial charge on any atom is -0.507 e. The van der Waals surface area contributed by atoms with Crippen LogP contribution in [0.25, 0.3) is 5.76 Å². The van der Waals surface area contributed by atoms with E-state index < -0.39 is 17.7 Å². The molecule has 34 heavy (non-hydrogen) atoms. The third kappa shape index (κ3) is 5.09. The summed E-state index contributed by atoms with van der Waals surface area (Å²) in [6.07, 6.45) is 0.696. The van der Waals surface area contributed by atoms with E-state index in [4.69, 9.17) is 9.47 Å². The highest BCUT2D eigenvalue weighted by molar-refractivity contribution is 6.46. The molecule has 1 amide bonds. The highest BCUT2D eigenvalue weighted by atomic mass is 16.5. The Bertz CT molecular complexity index is 1060. The van der Waals surface area contributed by atoms with E-state index in [1.54, 1.807) is 42.3 Å². The normalized spacial score (nSPS) is 17.5. The second kappa shape index (κ2) is 11.2. The van der Waals surface area contributed by atoms with E-state index in [1.165, 1.54) is 7.11 Å². The van der Waals surface area contributed by atoms with Crippen LogP contribution in [0, 0.1) is 6.92 Å². The Morgan fingerprint density at radius 2 is 1.71 bits per heavy atom. The number of ether oxygens (including phenoxy) is 2. The number of nitrogens with zero attached hydrogens (tertiary/aromatic N) is 2. The number of ketones is 1. The van der Waals surface area contributed by atoms with Crippen molar-refractivity contribution in [3.05, 3.63) is 64.7 Å². The summed E-state index contributed by atoms with van der Waals surface area (Å²) < 4.78 is 11.0. The molecular weight excluding hydrogens is 432 g/mol. The highest BCUT2D eigenvalue weighted by Crippen LogP contribution is 2.43. The van der Waals surface area contributed by atoms with Gasteiger partial charge in [-0.2, -0.15) is 0 Å². The molecule has 1 heterocycles. The van der Waals surface area contributed by atoms with Gasteiger partial charge in [0.15, 0.2) is 0 Å². The first-order valence-electron chi connectivity index (χ1n) is 11.7. The van der Waals surface area contributed by atoms with Gasteiger partial charge < -0.3 is 24.4 Å². The van der Waals surface area contributed by atoms with E-state index in [2.05, 4.69) is 18.7 Å². The Hall–Kier alpha value is -3.32. The first-order valence-corrected chi connectivity index (χ1v) is 11.7. The van der Waals surface area contributed by atoms with Gasteiger partial charge in [-0.15, -0.1) is 0 Å². The number of aryl methyl sites for hydroxylation is 1. The van der Waals surface area contributed by atoms with Gasteiger partial charge >= 0.3 is 0 Å². The first-order chi connectivity index (χ1) is 16.4. The summed E-state index contributed by atoms with van der Waals surface area (Å²) >= 11 is 0. The fraction of sp³-hybridized carbons (Fsp3) is 0.407. The molecular formula is C27H34N2O5. The minimum atomic E-state index is -0.789. The van der Waals surface area contributed by atoms with Crippen LogP contribution in [0.4, 0.5) is 0 Å². The Labute approximate surface area is 201 Å². The molecule has 1 atom stereocenters. The van der Waals surface area contributed by atoms with Crippen molar-refractivity contribution in [3.8, 4) is 11.5 Å². The minimum absolute atomic E-state index is 0.0586. The van der Waals surface area contributed by atoms with Gasteiger partial charge in [-0.3, -0.25) is 9.59 Å². The SMILES string of the molecule is CCN(CC)CCCN1C(=O)C(=O)/C(=C(/O)c2ccc(C)cc2)[C@H]1c1cc(OC)ccc1OC. The first kappa shape index (κ1) is 25.3. The summed E-state index contributed by atoms with van der Waals surface area (Å²) in [5, 5.41) is 11.2. The molecule has 0 saturated carbocycles. The van der Waals surface area contributed by atoms with E-state index in [-0.39, 0.29) is 11.3 Å². The van der Waals surface area contributed by atoms with Gasteiger partial charge in [0.05, 0.1) is 25.8 Å². The van der Waals surface area contributed by atoms with Gasteiger partial charge in [0.2, 0.25) is 0 Å². The number of aliphatic hydroxyl groups is 1. The molecule has 2 aromatic carbocycles. The number of rotatable bonds is 10.